The Labute approximate surface area is 95.8 Å². The van der Waals surface area contributed by atoms with E-state index >= 15 is 0 Å². The average Bonchev–Trinajstić information content (AvgIpc) is 2.20. The van der Waals surface area contributed by atoms with Gasteiger partial charge in [0.2, 0.25) is 0 Å². The maximum Gasteiger partial charge on any atom is 0.0730 e. The van der Waals surface area contributed by atoms with Crippen LogP contribution in [0.3, 0.4) is 0 Å². The van der Waals surface area contributed by atoms with Gasteiger partial charge in [-0.05, 0) is 32.7 Å². The zero-order valence-electron chi connectivity index (χ0n) is 11.2. The molecule has 2 nitrogen and oxygen atoms in total. The molecule has 0 aromatic heterocycles. The molecule has 0 aromatic rings. The zero-order chi connectivity index (χ0) is 11.7. The fourth-order valence-corrected chi connectivity index (χ4v) is 2.34. The van der Waals surface area contributed by atoms with Gasteiger partial charge in [0.15, 0.2) is 0 Å². The fraction of sp³-hybridized carbons (Fsp3) is 1.00. The van der Waals surface area contributed by atoms with Crippen LogP contribution >= 0.6 is 0 Å². The summed E-state index contributed by atoms with van der Waals surface area (Å²) in [7, 11) is 2.05. The van der Waals surface area contributed by atoms with E-state index < -0.39 is 0 Å². The Morgan fingerprint density at radius 2 is 1.67 bits per heavy atom. The normalized spacial score (nSPS) is 17.4. The maximum atomic E-state index is 5.84. The highest BCUT2D eigenvalue weighted by atomic mass is 16.5. The second-order valence-corrected chi connectivity index (χ2v) is 4.36. The summed E-state index contributed by atoms with van der Waals surface area (Å²) in [6.07, 6.45) is 5.27. The summed E-state index contributed by atoms with van der Waals surface area (Å²) < 4.78 is 5.84. The smallest absolute Gasteiger partial charge is 0.0730 e. The van der Waals surface area contributed by atoms with Crippen LogP contribution in [-0.4, -0.2) is 25.8 Å². The topological polar surface area (TPSA) is 21.3 Å². The molecule has 15 heavy (non-hydrogen) atoms. The number of rotatable bonds is 9. The van der Waals surface area contributed by atoms with E-state index in [9.17, 15) is 0 Å². The molecule has 2 heteroatoms. The van der Waals surface area contributed by atoms with Gasteiger partial charge in [0, 0.05) is 12.6 Å². The van der Waals surface area contributed by atoms with Crippen LogP contribution in [0.15, 0.2) is 0 Å². The molecule has 0 rings (SSSR count). The summed E-state index contributed by atoms with van der Waals surface area (Å²) in [6, 6.07) is 0.504. The minimum atomic E-state index is 0.381. The molecule has 0 spiro atoms. The number of likely N-dealkylation sites (N-methyl/N-ethyl adjacent to an activating group) is 1. The van der Waals surface area contributed by atoms with Gasteiger partial charge in [-0.2, -0.15) is 0 Å². The molecule has 0 radical (unpaired) electrons. The summed E-state index contributed by atoms with van der Waals surface area (Å²) >= 11 is 0. The van der Waals surface area contributed by atoms with Crippen molar-refractivity contribution in [3.8, 4) is 0 Å². The van der Waals surface area contributed by atoms with Gasteiger partial charge in [-0.25, -0.2) is 0 Å². The Morgan fingerprint density at radius 3 is 2.07 bits per heavy atom. The van der Waals surface area contributed by atoms with Crippen LogP contribution in [0.4, 0.5) is 0 Å². The van der Waals surface area contributed by atoms with Crippen LogP contribution in [0.25, 0.3) is 0 Å². The van der Waals surface area contributed by atoms with Crippen LogP contribution in [0, 0.1) is 5.92 Å². The van der Waals surface area contributed by atoms with Crippen molar-refractivity contribution in [2.45, 2.75) is 65.5 Å². The van der Waals surface area contributed by atoms with Crippen LogP contribution in [0.5, 0.6) is 0 Å². The third kappa shape index (κ3) is 5.53. The largest absolute Gasteiger partial charge is 0.377 e. The molecule has 0 aromatic carbocycles. The molecule has 0 aliphatic heterocycles. The number of hydrogen-bond donors (Lipinski definition) is 1. The van der Waals surface area contributed by atoms with Crippen LogP contribution in [-0.2, 0) is 4.74 Å². The van der Waals surface area contributed by atoms with Crippen molar-refractivity contribution in [3.63, 3.8) is 0 Å². The van der Waals surface area contributed by atoms with E-state index in [-0.39, 0.29) is 0 Å². The third-order valence-corrected chi connectivity index (χ3v) is 3.04. The van der Waals surface area contributed by atoms with Gasteiger partial charge in [-0.3, -0.25) is 0 Å². The first kappa shape index (κ1) is 14.9. The lowest BCUT2D eigenvalue weighted by atomic mass is 9.90. The van der Waals surface area contributed by atoms with E-state index in [2.05, 4.69) is 40.1 Å². The van der Waals surface area contributed by atoms with Crippen molar-refractivity contribution in [1.82, 2.24) is 5.32 Å². The lowest BCUT2D eigenvalue weighted by Crippen LogP contribution is -2.44. The predicted molar refractivity (Wildman–Crippen MR) is 67.2 cm³/mol. The minimum Gasteiger partial charge on any atom is -0.377 e. The van der Waals surface area contributed by atoms with E-state index in [1.54, 1.807) is 0 Å². The summed E-state index contributed by atoms with van der Waals surface area (Å²) in [5, 5.41) is 3.43. The van der Waals surface area contributed by atoms with E-state index in [0.717, 1.165) is 13.0 Å². The summed E-state index contributed by atoms with van der Waals surface area (Å²) in [5.41, 5.74) is 0. The van der Waals surface area contributed by atoms with Crippen molar-refractivity contribution >= 4 is 0 Å². The number of nitrogens with one attached hydrogen (secondary N) is 1. The zero-order valence-corrected chi connectivity index (χ0v) is 11.2. The monoisotopic (exact) mass is 215 g/mol. The highest BCUT2D eigenvalue weighted by Crippen LogP contribution is 2.18. The van der Waals surface area contributed by atoms with Crippen molar-refractivity contribution in [2.24, 2.45) is 5.92 Å². The van der Waals surface area contributed by atoms with E-state index in [0.29, 0.717) is 18.1 Å². The second kappa shape index (κ2) is 9.17. The molecule has 0 aliphatic carbocycles. The predicted octanol–water partition coefficient (Wildman–Crippen LogP) is 3.22. The number of hydrogen-bond acceptors (Lipinski definition) is 2. The first-order valence-electron chi connectivity index (χ1n) is 6.49. The molecule has 3 atom stereocenters. The molecule has 1 N–H and O–H groups in total. The van der Waals surface area contributed by atoms with Crippen molar-refractivity contribution in [1.29, 1.82) is 0 Å². The van der Waals surface area contributed by atoms with Gasteiger partial charge in [-0.15, -0.1) is 0 Å². The van der Waals surface area contributed by atoms with E-state index in [1.165, 1.54) is 19.3 Å². The second-order valence-electron chi connectivity index (χ2n) is 4.36. The minimum absolute atomic E-state index is 0.381. The van der Waals surface area contributed by atoms with Gasteiger partial charge in [0.25, 0.3) is 0 Å². The quantitative estimate of drug-likeness (QED) is 0.637. The number of ether oxygens (including phenoxy) is 1. The van der Waals surface area contributed by atoms with Gasteiger partial charge in [0.1, 0.15) is 0 Å². The first-order chi connectivity index (χ1) is 7.21. The molecule has 0 fully saturated rings. The van der Waals surface area contributed by atoms with Crippen LogP contribution in [0.2, 0.25) is 0 Å². The molecule has 0 saturated heterocycles. The van der Waals surface area contributed by atoms with Gasteiger partial charge in [-0.1, -0.05) is 33.6 Å². The molecule has 0 aliphatic rings. The lowest BCUT2D eigenvalue weighted by molar-refractivity contribution is 0.0148. The Hall–Kier alpha value is -0.0800. The summed E-state index contributed by atoms with van der Waals surface area (Å²) in [4.78, 5) is 0. The average molecular weight is 215 g/mol. The van der Waals surface area contributed by atoms with E-state index in [4.69, 9.17) is 4.74 Å². The SMILES string of the molecule is CCCC(C)C(NC)C(CCC)OCC. The van der Waals surface area contributed by atoms with Gasteiger partial charge in [0.05, 0.1) is 6.10 Å². The Bertz CT molecular complexity index is 132. The van der Waals surface area contributed by atoms with E-state index in [1.807, 2.05) is 0 Å². The van der Waals surface area contributed by atoms with Crippen LogP contribution in [0.1, 0.15) is 53.4 Å². The van der Waals surface area contributed by atoms with Crippen LogP contribution < -0.4 is 5.32 Å². The molecule has 0 saturated carbocycles. The summed E-state index contributed by atoms with van der Waals surface area (Å²) in [6.45, 7) is 9.70. The Balaban J connectivity index is 4.28. The molecular formula is C13H29NO. The fourth-order valence-electron chi connectivity index (χ4n) is 2.34. The molecule has 0 heterocycles. The summed E-state index contributed by atoms with van der Waals surface area (Å²) in [5.74, 6) is 0.697. The molecule has 0 bridgehead atoms. The standard InChI is InChI=1S/C13H29NO/c1-6-9-11(4)13(14-5)12(10-7-2)15-8-3/h11-14H,6-10H2,1-5H3. The Kier molecular flexibility index (Phi) is 9.12. The highest BCUT2D eigenvalue weighted by Gasteiger charge is 2.24. The van der Waals surface area contributed by atoms with Gasteiger partial charge < -0.3 is 10.1 Å². The molecule has 92 valence electrons. The van der Waals surface area contributed by atoms with Gasteiger partial charge >= 0.3 is 0 Å². The van der Waals surface area contributed by atoms with Crippen molar-refractivity contribution < 1.29 is 4.74 Å². The third-order valence-electron chi connectivity index (χ3n) is 3.04. The maximum absolute atomic E-state index is 5.84. The Morgan fingerprint density at radius 1 is 1.07 bits per heavy atom. The van der Waals surface area contributed by atoms with Crippen molar-refractivity contribution in [3.05, 3.63) is 0 Å². The molecule has 0 amide bonds. The van der Waals surface area contributed by atoms with Crippen molar-refractivity contribution in [2.75, 3.05) is 13.7 Å². The first-order valence-corrected chi connectivity index (χ1v) is 6.49. The highest BCUT2D eigenvalue weighted by molar-refractivity contribution is 4.80. The molecule has 3 unspecified atom stereocenters. The lowest BCUT2D eigenvalue weighted by Gasteiger charge is -2.31. The molecular weight excluding hydrogens is 186 g/mol.